The molecule has 0 saturated heterocycles. The van der Waals surface area contributed by atoms with E-state index in [0.29, 0.717) is 0 Å². The number of benzene rings is 2. The molecule has 0 saturated carbocycles. The zero-order chi connectivity index (χ0) is 12.8. The summed E-state index contributed by atoms with van der Waals surface area (Å²) in [4.78, 5) is 0. The van der Waals surface area contributed by atoms with Crippen LogP contribution in [0.5, 0.6) is 11.5 Å². The van der Waals surface area contributed by atoms with Gasteiger partial charge in [-0.2, -0.15) is 0 Å². The van der Waals surface area contributed by atoms with Gasteiger partial charge in [0, 0.05) is 0 Å². The average molecular weight is 352 g/mol. The summed E-state index contributed by atoms with van der Waals surface area (Å²) >= 11 is 2.41. The van der Waals surface area contributed by atoms with Gasteiger partial charge in [-0.1, -0.05) is 52.9 Å². The van der Waals surface area contributed by atoms with E-state index in [4.69, 9.17) is 4.74 Å². The maximum Gasteiger partial charge on any atom is 0.130 e. The minimum Gasteiger partial charge on any atom is -0.457 e. The first-order chi connectivity index (χ1) is 8.79. The smallest absolute Gasteiger partial charge is 0.130 e. The molecule has 2 rings (SSSR count). The Morgan fingerprint density at radius 1 is 1.00 bits per heavy atom. The molecule has 0 aliphatic rings. The molecular formula is C16H17IO. The predicted octanol–water partition coefficient (Wildman–Crippen LogP) is 5.15. The molecule has 0 bridgehead atoms. The Kier molecular flexibility index (Phi) is 5.05. The summed E-state index contributed by atoms with van der Waals surface area (Å²) in [6.07, 6.45) is 2.38. The van der Waals surface area contributed by atoms with E-state index < -0.39 is 0 Å². The highest BCUT2D eigenvalue weighted by molar-refractivity contribution is 14.1. The fourth-order valence-electron chi connectivity index (χ4n) is 1.79. The molecule has 2 aromatic carbocycles. The van der Waals surface area contributed by atoms with E-state index in [-0.39, 0.29) is 0 Å². The van der Waals surface area contributed by atoms with Gasteiger partial charge in [0.05, 0.1) is 0 Å². The van der Waals surface area contributed by atoms with E-state index >= 15 is 0 Å². The SMILES string of the molecule is Cc1ccccc1Oc1ccc(CCCI)cc1. The molecule has 0 heterocycles. The molecule has 0 amide bonds. The molecule has 2 aromatic rings. The third-order valence-electron chi connectivity index (χ3n) is 2.84. The van der Waals surface area contributed by atoms with Gasteiger partial charge in [0.1, 0.15) is 11.5 Å². The van der Waals surface area contributed by atoms with Crippen molar-refractivity contribution in [1.82, 2.24) is 0 Å². The average Bonchev–Trinajstić information content (AvgIpc) is 2.41. The maximum atomic E-state index is 5.87. The molecule has 2 heteroatoms. The summed E-state index contributed by atoms with van der Waals surface area (Å²) in [6.45, 7) is 2.06. The van der Waals surface area contributed by atoms with Crippen molar-refractivity contribution < 1.29 is 4.74 Å². The fourth-order valence-corrected chi connectivity index (χ4v) is 2.17. The maximum absolute atomic E-state index is 5.87. The fraction of sp³-hybridized carbons (Fsp3) is 0.250. The Morgan fingerprint density at radius 2 is 1.72 bits per heavy atom. The number of hydrogen-bond donors (Lipinski definition) is 0. The van der Waals surface area contributed by atoms with Crippen molar-refractivity contribution in [1.29, 1.82) is 0 Å². The number of ether oxygens (including phenoxy) is 1. The van der Waals surface area contributed by atoms with Crippen molar-refractivity contribution in [3.05, 3.63) is 59.7 Å². The van der Waals surface area contributed by atoms with Crippen molar-refractivity contribution in [2.45, 2.75) is 19.8 Å². The van der Waals surface area contributed by atoms with Gasteiger partial charge in [-0.25, -0.2) is 0 Å². The second-order valence-corrected chi connectivity index (χ2v) is 5.38. The Balaban J connectivity index is 2.04. The van der Waals surface area contributed by atoms with E-state index in [1.807, 2.05) is 18.2 Å². The van der Waals surface area contributed by atoms with Crippen LogP contribution in [0.1, 0.15) is 17.5 Å². The van der Waals surface area contributed by atoms with E-state index in [1.165, 1.54) is 16.4 Å². The van der Waals surface area contributed by atoms with Gasteiger partial charge < -0.3 is 4.74 Å². The molecule has 0 radical (unpaired) electrons. The zero-order valence-corrected chi connectivity index (χ0v) is 12.7. The van der Waals surface area contributed by atoms with Crippen LogP contribution in [0.25, 0.3) is 0 Å². The third kappa shape index (κ3) is 3.73. The molecule has 0 spiro atoms. The lowest BCUT2D eigenvalue weighted by molar-refractivity contribution is 0.478. The summed E-state index contributed by atoms with van der Waals surface area (Å²) in [5, 5.41) is 0. The second-order valence-electron chi connectivity index (χ2n) is 4.30. The van der Waals surface area contributed by atoms with Crippen molar-refractivity contribution in [2.75, 3.05) is 4.43 Å². The van der Waals surface area contributed by atoms with Crippen LogP contribution >= 0.6 is 22.6 Å². The summed E-state index contributed by atoms with van der Waals surface area (Å²) in [6, 6.07) is 16.5. The number of alkyl halides is 1. The molecule has 18 heavy (non-hydrogen) atoms. The molecule has 0 aliphatic heterocycles. The van der Waals surface area contributed by atoms with Crippen molar-refractivity contribution in [3.8, 4) is 11.5 Å². The summed E-state index contributed by atoms with van der Waals surface area (Å²) in [5.41, 5.74) is 2.54. The van der Waals surface area contributed by atoms with Crippen LogP contribution in [-0.4, -0.2) is 4.43 Å². The highest BCUT2D eigenvalue weighted by Gasteiger charge is 2.00. The van der Waals surface area contributed by atoms with Crippen molar-refractivity contribution in [2.24, 2.45) is 0 Å². The Morgan fingerprint density at radius 3 is 2.39 bits per heavy atom. The first-order valence-electron chi connectivity index (χ1n) is 6.18. The Labute approximate surface area is 122 Å². The molecule has 0 fully saturated rings. The molecule has 0 aliphatic carbocycles. The van der Waals surface area contributed by atoms with Crippen LogP contribution < -0.4 is 4.74 Å². The van der Waals surface area contributed by atoms with E-state index in [2.05, 4.69) is 59.8 Å². The Hall–Kier alpha value is -1.03. The van der Waals surface area contributed by atoms with E-state index in [1.54, 1.807) is 0 Å². The third-order valence-corrected chi connectivity index (χ3v) is 3.61. The molecule has 0 N–H and O–H groups in total. The van der Waals surface area contributed by atoms with Gasteiger partial charge in [-0.15, -0.1) is 0 Å². The largest absolute Gasteiger partial charge is 0.457 e. The predicted molar refractivity (Wildman–Crippen MR) is 84.9 cm³/mol. The van der Waals surface area contributed by atoms with Gasteiger partial charge in [-0.05, 0) is 53.5 Å². The lowest BCUT2D eigenvalue weighted by Gasteiger charge is -2.08. The van der Waals surface area contributed by atoms with E-state index in [9.17, 15) is 0 Å². The van der Waals surface area contributed by atoms with Gasteiger partial charge >= 0.3 is 0 Å². The van der Waals surface area contributed by atoms with Crippen LogP contribution in [-0.2, 0) is 6.42 Å². The minimum absolute atomic E-state index is 0.905. The van der Waals surface area contributed by atoms with Gasteiger partial charge in [0.15, 0.2) is 0 Å². The van der Waals surface area contributed by atoms with Gasteiger partial charge in [0.2, 0.25) is 0 Å². The normalized spacial score (nSPS) is 10.3. The molecule has 1 nitrogen and oxygen atoms in total. The summed E-state index contributed by atoms with van der Waals surface area (Å²) < 4.78 is 7.07. The van der Waals surface area contributed by atoms with Crippen molar-refractivity contribution in [3.63, 3.8) is 0 Å². The topological polar surface area (TPSA) is 9.23 Å². The molecule has 0 atom stereocenters. The second kappa shape index (κ2) is 6.78. The lowest BCUT2D eigenvalue weighted by Crippen LogP contribution is -1.89. The highest BCUT2D eigenvalue weighted by atomic mass is 127. The minimum atomic E-state index is 0.905. The Bertz CT molecular complexity index is 491. The number of rotatable bonds is 5. The van der Waals surface area contributed by atoms with Crippen LogP contribution in [0, 0.1) is 6.92 Å². The van der Waals surface area contributed by atoms with Crippen molar-refractivity contribution >= 4 is 22.6 Å². The lowest BCUT2D eigenvalue weighted by atomic mass is 10.1. The molecule has 0 unspecified atom stereocenters. The first-order valence-corrected chi connectivity index (χ1v) is 7.70. The monoisotopic (exact) mass is 352 g/mol. The molecule has 94 valence electrons. The first kappa shape index (κ1) is 13.4. The summed E-state index contributed by atoms with van der Waals surface area (Å²) in [5.74, 6) is 1.83. The van der Waals surface area contributed by atoms with Crippen LogP contribution in [0.15, 0.2) is 48.5 Å². The van der Waals surface area contributed by atoms with E-state index in [0.717, 1.165) is 23.5 Å². The zero-order valence-electron chi connectivity index (χ0n) is 10.5. The van der Waals surface area contributed by atoms with Crippen LogP contribution in [0.2, 0.25) is 0 Å². The molecular weight excluding hydrogens is 335 g/mol. The van der Waals surface area contributed by atoms with Crippen LogP contribution in [0.4, 0.5) is 0 Å². The highest BCUT2D eigenvalue weighted by Crippen LogP contribution is 2.24. The number of halogens is 1. The quantitative estimate of drug-likeness (QED) is 0.534. The van der Waals surface area contributed by atoms with Gasteiger partial charge in [-0.3, -0.25) is 0 Å². The number of para-hydroxylation sites is 1. The number of hydrogen-bond acceptors (Lipinski definition) is 1. The standard InChI is InChI=1S/C16H17IO/c1-13-5-2-3-7-16(13)18-15-10-8-14(9-11-15)6-4-12-17/h2-3,5,7-11H,4,6,12H2,1H3. The summed E-state index contributed by atoms with van der Waals surface area (Å²) in [7, 11) is 0. The van der Waals surface area contributed by atoms with Gasteiger partial charge in [0.25, 0.3) is 0 Å². The van der Waals surface area contributed by atoms with Crippen LogP contribution in [0.3, 0.4) is 0 Å². The number of aryl methyl sites for hydroxylation is 2. The molecule has 0 aromatic heterocycles.